The van der Waals surface area contributed by atoms with Crippen molar-refractivity contribution >= 4 is 50.5 Å². The van der Waals surface area contributed by atoms with Gasteiger partial charge in [0.2, 0.25) is 5.91 Å². The number of nitrogens with one attached hydrogen (secondary N) is 1. The highest BCUT2D eigenvalue weighted by molar-refractivity contribution is 7.97. The van der Waals surface area contributed by atoms with Gasteiger partial charge in [0.25, 0.3) is 0 Å². The van der Waals surface area contributed by atoms with Crippen molar-refractivity contribution < 1.29 is 32.6 Å². The number of thiazole rings is 1. The third-order valence-electron chi connectivity index (χ3n) is 6.74. The molecule has 43 heavy (non-hydrogen) atoms. The molecule has 3 heterocycles. The first-order valence-corrected chi connectivity index (χ1v) is 15.1. The molecule has 1 aliphatic rings. The van der Waals surface area contributed by atoms with E-state index >= 15 is 0 Å². The summed E-state index contributed by atoms with van der Waals surface area (Å²) < 4.78 is 44.3. The number of carbonyl (C=O) groups excluding carboxylic acids is 1. The topological polar surface area (TPSA) is 108 Å². The third kappa shape index (κ3) is 7.75. The summed E-state index contributed by atoms with van der Waals surface area (Å²) in [6, 6.07) is 12.9. The molecule has 1 saturated heterocycles. The Morgan fingerprint density at radius 3 is 2.49 bits per heavy atom. The van der Waals surface area contributed by atoms with Crippen LogP contribution in [-0.4, -0.2) is 63.3 Å². The van der Waals surface area contributed by atoms with Gasteiger partial charge in [-0.25, -0.2) is 14.1 Å². The van der Waals surface area contributed by atoms with Crippen LogP contribution in [0.1, 0.15) is 34.8 Å². The lowest BCUT2D eigenvalue weighted by Crippen LogP contribution is -2.56. The van der Waals surface area contributed by atoms with Gasteiger partial charge < -0.3 is 20.1 Å². The minimum atomic E-state index is -4.79. The van der Waals surface area contributed by atoms with Gasteiger partial charge in [-0.1, -0.05) is 48.9 Å². The number of benzene rings is 2. The fourth-order valence-electron chi connectivity index (χ4n) is 4.65. The Kier molecular flexibility index (Phi) is 9.37. The lowest BCUT2D eigenvalue weighted by molar-refractivity contribution is -0.274. The lowest BCUT2D eigenvalue weighted by atomic mass is 10.1. The zero-order valence-electron chi connectivity index (χ0n) is 23.0. The number of hydrogen-bond acceptors (Lipinski definition) is 9. The van der Waals surface area contributed by atoms with Gasteiger partial charge in [-0.2, -0.15) is 0 Å². The molecule has 226 valence electrons. The Hall–Kier alpha value is -3.88. The average Bonchev–Trinajstić information content (AvgIpc) is 3.42. The number of piperazine rings is 1. The number of carbonyl (C=O) groups is 2. The van der Waals surface area contributed by atoms with Crippen LogP contribution in [-0.2, 0) is 17.8 Å². The Morgan fingerprint density at radius 1 is 1.09 bits per heavy atom. The van der Waals surface area contributed by atoms with Crippen molar-refractivity contribution in [2.45, 2.75) is 43.6 Å². The Labute approximate surface area is 253 Å². The zero-order chi connectivity index (χ0) is 30.6. The highest BCUT2D eigenvalue weighted by atomic mass is 32.2. The van der Waals surface area contributed by atoms with E-state index in [1.54, 1.807) is 6.20 Å². The van der Waals surface area contributed by atoms with Crippen LogP contribution in [0.25, 0.3) is 10.2 Å². The smallest absolute Gasteiger partial charge is 0.478 e. The Bertz CT molecular complexity index is 1580. The van der Waals surface area contributed by atoms with Gasteiger partial charge >= 0.3 is 12.3 Å². The van der Waals surface area contributed by atoms with Gasteiger partial charge in [-0.15, -0.1) is 13.2 Å². The van der Waals surface area contributed by atoms with Crippen LogP contribution in [0.3, 0.4) is 0 Å². The number of aryl methyl sites for hydroxylation is 1. The van der Waals surface area contributed by atoms with Gasteiger partial charge in [-0.05, 0) is 53.8 Å². The molecule has 0 radical (unpaired) electrons. The molecular formula is C29H28F3N5O4S2. The molecule has 2 N–H and O–H groups in total. The number of halogens is 3. The van der Waals surface area contributed by atoms with Crippen molar-refractivity contribution in [1.82, 2.24) is 19.6 Å². The van der Waals surface area contributed by atoms with Gasteiger partial charge in [0, 0.05) is 43.5 Å². The molecular weight excluding hydrogens is 603 g/mol. The number of amides is 1. The highest BCUT2D eigenvalue weighted by Gasteiger charge is 2.35. The predicted molar refractivity (Wildman–Crippen MR) is 158 cm³/mol. The van der Waals surface area contributed by atoms with Crippen LogP contribution in [0.5, 0.6) is 5.75 Å². The molecule has 0 bridgehead atoms. The number of fused-ring (bicyclic) bond motifs is 1. The first kappa shape index (κ1) is 30.6. The fourth-order valence-corrected chi connectivity index (χ4v) is 6.64. The van der Waals surface area contributed by atoms with E-state index in [4.69, 9.17) is 0 Å². The number of pyridine rings is 1. The third-order valence-corrected chi connectivity index (χ3v) is 8.94. The number of hydrogen-bond donors (Lipinski definition) is 2. The number of alkyl halides is 3. The quantitative estimate of drug-likeness (QED) is 0.212. The van der Waals surface area contributed by atoms with E-state index in [2.05, 4.69) is 39.1 Å². The first-order chi connectivity index (χ1) is 20.6. The summed E-state index contributed by atoms with van der Waals surface area (Å²) in [6.07, 6.45) is 0.0703. The summed E-state index contributed by atoms with van der Waals surface area (Å²) in [6.45, 7) is 3.62. The molecule has 5 rings (SSSR count). The van der Waals surface area contributed by atoms with E-state index in [0.717, 1.165) is 18.4 Å². The molecule has 0 aliphatic carbocycles. The molecule has 0 spiro atoms. The highest BCUT2D eigenvalue weighted by Crippen LogP contribution is 2.35. The van der Waals surface area contributed by atoms with Crippen LogP contribution >= 0.6 is 23.3 Å². The number of carboxylic acid groups (broad SMARTS) is 1. The second-order valence-electron chi connectivity index (χ2n) is 9.83. The van der Waals surface area contributed by atoms with E-state index in [1.807, 2.05) is 21.3 Å². The summed E-state index contributed by atoms with van der Waals surface area (Å²) in [5, 5.41) is 13.1. The number of aromatic nitrogens is 2. The molecule has 9 nitrogen and oxygen atoms in total. The summed E-state index contributed by atoms with van der Waals surface area (Å²) in [5.41, 5.74) is 2.53. The molecule has 4 aromatic rings. The van der Waals surface area contributed by atoms with Crippen LogP contribution in [0.2, 0.25) is 0 Å². The van der Waals surface area contributed by atoms with Gasteiger partial charge in [-0.3, -0.25) is 9.78 Å². The molecule has 1 amide bonds. The van der Waals surface area contributed by atoms with E-state index in [9.17, 15) is 27.9 Å². The van der Waals surface area contributed by atoms with Crippen LogP contribution in [0, 0.1) is 0 Å². The standard InChI is InChI=1S/C29H28F3N5O4S2/c1-2-3-18-4-6-19(7-5-18)14-34-26(38)23-17-36(28-35-25-22(27(39)40)15-33-16-24(25)42-28)12-13-37(23)43-21-10-8-20(9-11-21)41-29(30,31)32/h4-11,15-16,23H,2-3,12-14,17H2,1H3,(H,34,38)(H,39,40)/t23-/m1/s1. The summed E-state index contributed by atoms with van der Waals surface area (Å²) >= 11 is 2.57. The molecule has 1 atom stereocenters. The number of anilines is 1. The minimum Gasteiger partial charge on any atom is -0.478 e. The molecule has 2 aromatic heterocycles. The largest absolute Gasteiger partial charge is 0.573 e. The predicted octanol–water partition coefficient (Wildman–Crippen LogP) is 5.75. The van der Waals surface area contributed by atoms with Crippen LogP contribution in [0.15, 0.2) is 65.8 Å². The maximum atomic E-state index is 13.6. The zero-order valence-corrected chi connectivity index (χ0v) is 24.6. The maximum Gasteiger partial charge on any atom is 0.573 e. The lowest BCUT2D eigenvalue weighted by Gasteiger charge is -2.39. The Balaban J connectivity index is 1.34. The number of aromatic carboxylic acids is 1. The summed E-state index contributed by atoms with van der Waals surface area (Å²) in [4.78, 5) is 36.5. The number of ether oxygens (including phenoxy) is 1. The minimum absolute atomic E-state index is 0.00592. The average molecular weight is 632 g/mol. The van der Waals surface area contributed by atoms with Crippen molar-refractivity contribution in [3.05, 3.63) is 77.6 Å². The van der Waals surface area contributed by atoms with E-state index < -0.39 is 18.4 Å². The van der Waals surface area contributed by atoms with E-state index in [-0.39, 0.29) is 23.8 Å². The van der Waals surface area contributed by atoms with Crippen LogP contribution < -0.4 is 15.0 Å². The number of nitrogens with zero attached hydrogens (tertiary/aromatic N) is 4. The van der Waals surface area contributed by atoms with Gasteiger partial charge in [0.15, 0.2) is 5.13 Å². The molecule has 1 aliphatic heterocycles. The number of carboxylic acids is 1. The maximum absolute atomic E-state index is 13.6. The molecule has 14 heteroatoms. The fraction of sp³-hybridized carbons (Fsp3) is 0.310. The Morgan fingerprint density at radius 2 is 1.81 bits per heavy atom. The normalized spacial score (nSPS) is 15.9. The van der Waals surface area contributed by atoms with E-state index in [0.29, 0.717) is 39.9 Å². The second-order valence-corrected chi connectivity index (χ2v) is 12.0. The molecule has 2 aromatic carbocycles. The SMILES string of the molecule is CCCc1ccc(CNC(=O)[C@H]2CN(c3nc4c(C(=O)O)cncc4s3)CCN2Sc2ccc(OC(F)(F)F)cc2)cc1. The first-order valence-electron chi connectivity index (χ1n) is 13.5. The summed E-state index contributed by atoms with van der Waals surface area (Å²) in [5.74, 6) is -1.67. The monoisotopic (exact) mass is 631 g/mol. The summed E-state index contributed by atoms with van der Waals surface area (Å²) in [7, 11) is 0. The number of rotatable bonds is 10. The van der Waals surface area contributed by atoms with Crippen LogP contribution in [0.4, 0.5) is 18.3 Å². The van der Waals surface area contributed by atoms with E-state index in [1.165, 1.54) is 59.3 Å². The van der Waals surface area contributed by atoms with Crippen molar-refractivity contribution in [1.29, 1.82) is 0 Å². The van der Waals surface area contributed by atoms with Crippen molar-refractivity contribution in [2.24, 2.45) is 0 Å². The van der Waals surface area contributed by atoms with Gasteiger partial charge in [0.1, 0.15) is 22.9 Å². The second kappa shape index (κ2) is 13.2. The van der Waals surface area contributed by atoms with Crippen molar-refractivity contribution in [2.75, 3.05) is 24.5 Å². The van der Waals surface area contributed by atoms with Crippen molar-refractivity contribution in [3.8, 4) is 5.75 Å². The molecule has 0 unspecified atom stereocenters. The van der Waals surface area contributed by atoms with Gasteiger partial charge in [0.05, 0.1) is 4.70 Å². The molecule has 0 saturated carbocycles. The molecule has 1 fully saturated rings. The van der Waals surface area contributed by atoms with Crippen molar-refractivity contribution in [3.63, 3.8) is 0 Å².